The summed E-state index contributed by atoms with van der Waals surface area (Å²) >= 11 is 6.03. The van der Waals surface area contributed by atoms with Crippen molar-refractivity contribution in [2.75, 3.05) is 13.1 Å². The van der Waals surface area contributed by atoms with Gasteiger partial charge in [-0.2, -0.15) is 0 Å². The van der Waals surface area contributed by atoms with Gasteiger partial charge in [0.25, 0.3) is 5.69 Å². The number of likely N-dealkylation sites (tertiary alicyclic amines) is 1. The fourth-order valence-electron chi connectivity index (χ4n) is 2.03. The Balaban J connectivity index is 2.09. The second kappa shape index (κ2) is 5.00. The predicted molar refractivity (Wildman–Crippen MR) is 66.0 cm³/mol. The highest BCUT2D eigenvalue weighted by Gasteiger charge is 2.20. The molecule has 0 bridgehead atoms. The Morgan fingerprint density at radius 2 is 2.35 bits per heavy atom. The molecule has 1 atom stereocenters. The first kappa shape index (κ1) is 12.3. The summed E-state index contributed by atoms with van der Waals surface area (Å²) in [6.45, 7) is 2.51. The van der Waals surface area contributed by atoms with E-state index in [1.54, 1.807) is 6.07 Å². The molecule has 0 spiro atoms. The maximum atomic E-state index is 10.6. The first-order valence-corrected chi connectivity index (χ1v) is 5.85. The smallest absolute Gasteiger partial charge is 0.270 e. The molecule has 0 aliphatic carbocycles. The molecule has 5 nitrogen and oxygen atoms in total. The lowest BCUT2D eigenvalue weighted by atomic mass is 10.2. The third kappa shape index (κ3) is 2.94. The maximum Gasteiger partial charge on any atom is 0.270 e. The molecule has 1 aromatic carbocycles. The molecular formula is C11H14ClN3O2. The number of nitro groups is 1. The van der Waals surface area contributed by atoms with E-state index in [-0.39, 0.29) is 11.7 Å². The van der Waals surface area contributed by atoms with E-state index in [1.807, 2.05) is 0 Å². The summed E-state index contributed by atoms with van der Waals surface area (Å²) in [6.07, 6.45) is 0.991. The molecule has 2 rings (SSSR count). The van der Waals surface area contributed by atoms with Crippen molar-refractivity contribution in [2.45, 2.75) is 19.0 Å². The zero-order chi connectivity index (χ0) is 12.4. The van der Waals surface area contributed by atoms with Crippen molar-refractivity contribution in [1.29, 1.82) is 0 Å². The normalized spacial score (nSPS) is 20.7. The van der Waals surface area contributed by atoms with E-state index in [1.165, 1.54) is 12.1 Å². The molecule has 1 aliphatic rings. The Bertz CT molecular complexity index is 439. The highest BCUT2D eigenvalue weighted by Crippen LogP contribution is 2.24. The number of nitrogens with two attached hydrogens (primary N) is 1. The number of non-ortho nitro benzene ring substituents is 1. The average Bonchev–Trinajstić information content (AvgIpc) is 2.67. The van der Waals surface area contributed by atoms with Gasteiger partial charge in [-0.25, -0.2) is 0 Å². The van der Waals surface area contributed by atoms with Crippen LogP contribution in [0.4, 0.5) is 5.69 Å². The second-order valence-electron chi connectivity index (χ2n) is 4.32. The number of hydrogen-bond donors (Lipinski definition) is 1. The minimum atomic E-state index is -0.443. The molecule has 1 heterocycles. The lowest BCUT2D eigenvalue weighted by molar-refractivity contribution is -0.384. The molecule has 1 aliphatic heterocycles. The van der Waals surface area contributed by atoms with Gasteiger partial charge >= 0.3 is 0 Å². The van der Waals surface area contributed by atoms with E-state index in [0.717, 1.165) is 25.1 Å². The monoisotopic (exact) mass is 255 g/mol. The molecule has 0 aromatic heterocycles. The van der Waals surface area contributed by atoms with Crippen molar-refractivity contribution in [2.24, 2.45) is 5.73 Å². The summed E-state index contributed by atoms with van der Waals surface area (Å²) < 4.78 is 0. The summed E-state index contributed by atoms with van der Waals surface area (Å²) in [7, 11) is 0. The van der Waals surface area contributed by atoms with E-state index < -0.39 is 4.92 Å². The molecule has 1 aromatic rings. The standard InChI is InChI=1S/C11H14ClN3O2/c12-11-5-10(15(16)17)2-1-8(11)6-14-4-3-9(13)7-14/h1-2,5,9H,3-4,6-7,13H2/t9-/m1/s1. The number of nitrogens with zero attached hydrogens (tertiary/aromatic N) is 2. The van der Waals surface area contributed by atoms with Gasteiger partial charge in [-0.15, -0.1) is 0 Å². The summed E-state index contributed by atoms with van der Waals surface area (Å²) in [5.74, 6) is 0. The molecule has 1 fully saturated rings. The number of halogens is 1. The van der Waals surface area contributed by atoms with Crippen molar-refractivity contribution in [3.63, 3.8) is 0 Å². The van der Waals surface area contributed by atoms with Gasteiger partial charge in [0.2, 0.25) is 0 Å². The van der Waals surface area contributed by atoms with Gasteiger partial charge in [-0.1, -0.05) is 11.6 Å². The summed E-state index contributed by atoms with van der Waals surface area (Å²) in [4.78, 5) is 12.3. The maximum absolute atomic E-state index is 10.6. The first-order valence-electron chi connectivity index (χ1n) is 5.47. The van der Waals surface area contributed by atoms with Crippen molar-refractivity contribution in [1.82, 2.24) is 4.90 Å². The lowest BCUT2D eigenvalue weighted by Crippen LogP contribution is -2.26. The van der Waals surface area contributed by atoms with E-state index >= 15 is 0 Å². The molecular weight excluding hydrogens is 242 g/mol. The number of hydrogen-bond acceptors (Lipinski definition) is 4. The van der Waals surface area contributed by atoms with Crippen LogP contribution in [0.3, 0.4) is 0 Å². The summed E-state index contributed by atoms with van der Waals surface area (Å²) in [5, 5.41) is 11.0. The van der Waals surface area contributed by atoms with Crippen LogP contribution in [-0.2, 0) is 6.54 Å². The van der Waals surface area contributed by atoms with Gasteiger partial charge in [0.05, 0.1) is 9.95 Å². The first-order chi connectivity index (χ1) is 8.06. The number of nitro benzene ring substituents is 1. The van der Waals surface area contributed by atoms with Crippen molar-refractivity contribution >= 4 is 17.3 Å². The summed E-state index contributed by atoms with van der Waals surface area (Å²) in [6, 6.07) is 4.82. The fourth-order valence-corrected chi connectivity index (χ4v) is 2.26. The average molecular weight is 256 g/mol. The van der Waals surface area contributed by atoms with Gasteiger partial charge in [0.15, 0.2) is 0 Å². The van der Waals surface area contributed by atoms with Crippen LogP contribution in [0.5, 0.6) is 0 Å². The van der Waals surface area contributed by atoms with E-state index in [2.05, 4.69) is 4.90 Å². The molecule has 0 saturated carbocycles. The van der Waals surface area contributed by atoms with E-state index in [0.29, 0.717) is 11.6 Å². The topological polar surface area (TPSA) is 72.4 Å². The molecule has 6 heteroatoms. The molecule has 17 heavy (non-hydrogen) atoms. The SMILES string of the molecule is N[C@@H]1CCN(Cc2ccc([N+](=O)[O-])cc2Cl)C1. The Morgan fingerprint density at radius 1 is 1.59 bits per heavy atom. The van der Waals surface area contributed by atoms with Crippen LogP contribution < -0.4 is 5.73 Å². The highest BCUT2D eigenvalue weighted by atomic mass is 35.5. The Kier molecular flexibility index (Phi) is 3.61. The third-order valence-electron chi connectivity index (χ3n) is 2.95. The van der Waals surface area contributed by atoms with Gasteiger partial charge < -0.3 is 5.73 Å². The van der Waals surface area contributed by atoms with E-state index in [9.17, 15) is 10.1 Å². The molecule has 2 N–H and O–H groups in total. The third-order valence-corrected chi connectivity index (χ3v) is 3.30. The van der Waals surface area contributed by atoms with Gasteiger partial charge in [-0.05, 0) is 18.1 Å². The predicted octanol–water partition coefficient (Wildman–Crippen LogP) is 1.78. The molecule has 0 unspecified atom stereocenters. The molecule has 1 saturated heterocycles. The van der Waals surface area contributed by atoms with Gasteiger partial charge in [0, 0.05) is 37.8 Å². The van der Waals surface area contributed by atoms with Crippen LogP contribution in [0, 0.1) is 10.1 Å². The Labute approximate surface area is 104 Å². The minimum absolute atomic E-state index is 0.0249. The number of rotatable bonds is 3. The van der Waals surface area contributed by atoms with Crippen molar-refractivity contribution in [3.05, 3.63) is 38.9 Å². The second-order valence-corrected chi connectivity index (χ2v) is 4.72. The van der Waals surface area contributed by atoms with Gasteiger partial charge in [-0.3, -0.25) is 15.0 Å². The molecule has 92 valence electrons. The summed E-state index contributed by atoms with van der Waals surface area (Å²) in [5.41, 5.74) is 6.75. The molecule has 0 radical (unpaired) electrons. The Hall–Kier alpha value is -1.17. The van der Waals surface area contributed by atoms with Crippen molar-refractivity contribution < 1.29 is 4.92 Å². The quantitative estimate of drug-likeness (QED) is 0.660. The van der Waals surface area contributed by atoms with Crippen LogP contribution in [0.15, 0.2) is 18.2 Å². The van der Waals surface area contributed by atoms with Crippen LogP contribution in [0.2, 0.25) is 5.02 Å². The van der Waals surface area contributed by atoms with Crippen LogP contribution in [0.25, 0.3) is 0 Å². The largest absolute Gasteiger partial charge is 0.326 e. The van der Waals surface area contributed by atoms with Crippen molar-refractivity contribution in [3.8, 4) is 0 Å². The Morgan fingerprint density at radius 3 is 2.88 bits per heavy atom. The van der Waals surface area contributed by atoms with Crippen LogP contribution >= 0.6 is 11.6 Å². The van der Waals surface area contributed by atoms with Crippen LogP contribution in [-0.4, -0.2) is 29.0 Å². The fraction of sp³-hybridized carbons (Fsp3) is 0.455. The lowest BCUT2D eigenvalue weighted by Gasteiger charge is -2.15. The molecule has 0 amide bonds. The van der Waals surface area contributed by atoms with Crippen LogP contribution in [0.1, 0.15) is 12.0 Å². The zero-order valence-corrected chi connectivity index (χ0v) is 10.1. The zero-order valence-electron chi connectivity index (χ0n) is 9.30. The van der Waals surface area contributed by atoms with Gasteiger partial charge in [0.1, 0.15) is 0 Å². The van der Waals surface area contributed by atoms with E-state index in [4.69, 9.17) is 17.3 Å². The minimum Gasteiger partial charge on any atom is -0.326 e. The highest BCUT2D eigenvalue weighted by molar-refractivity contribution is 6.31. The number of benzene rings is 1.